The first-order valence-electron chi connectivity index (χ1n) is 8.64. The van der Waals surface area contributed by atoms with Gasteiger partial charge >= 0.3 is 0 Å². The van der Waals surface area contributed by atoms with Gasteiger partial charge in [0, 0.05) is 24.5 Å². The van der Waals surface area contributed by atoms with Crippen molar-refractivity contribution in [2.75, 3.05) is 45.4 Å². The van der Waals surface area contributed by atoms with Crippen molar-refractivity contribution in [2.24, 2.45) is 0 Å². The van der Waals surface area contributed by atoms with Crippen molar-refractivity contribution < 1.29 is 4.74 Å². The number of aryl methyl sites for hydroxylation is 2. The fraction of sp³-hybridized carbons (Fsp3) is 0.474. The highest BCUT2D eigenvalue weighted by atomic mass is 16.5. The standard InChI is InChI=1S/C19H29N5O/c1-14-12-18(20-2)23-19(21-14)22-16-9-10-17(25-5)15(13-16)8-6-7-11-24(3)4/h9-10,12-13H,6-8,11H2,1-5H3,(H2,20,21,22,23). The number of methoxy groups -OCH3 is 1. The molecule has 1 aromatic heterocycles. The summed E-state index contributed by atoms with van der Waals surface area (Å²) in [5, 5.41) is 6.35. The number of hydrogen-bond acceptors (Lipinski definition) is 6. The first-order chi connectivity index (χ1) is 12.0. The Morgan fingerprint density at radius 2 is 1.92 bits per heavy atom. The van der Waals surface area contributed by atoms with E-state index in [0.717, 1.165) is 42.3 Å². The SMILES string of the molecule is CNc1cc(C)nc(Nc2ccc(OC)c(CCCCN(C)C)c2)n1. The molecular formula is C19H29N5O. The van der Waals surface area contributed by atoms with Crippen LogP contribution in [0.4, 0.5) is 17.5 Å². The highest BCUT2D eigenvalue weighted by Crippen LogP contribution is 2.26. The third kappa shape index (κ3) is 5.90. The van der Waals surface area contributed by atoms with Crippen molar-refractivity contribution in [3.05, 3.63) is 35.5 Å². The van der Waals surface area contributed by atoms with Crippen molar-refractivity contribution in [1.29, 1.82) is 0 Å². The highest BCUT2D eigenvalue weighted by molar-refractivity contribution is 5.58. The van der Waals surface area contributed by atoms with Crippen LogP contribution < -0.4 is 15.4 Å². The molecule has 6 heteroatoms. The van der Waals surface area contributed by atoms with Crippen molar-refractivity contribution in [3.8, 4) is 5.75 Å². The molecule has 2 rings (SSSR count). The largest absolute Gasteiger partial charge is 0.496 e. The summed E-state index contributed by atoms with van der Waals surface area (Å²) in [6.07, 6.45) is 3.28. The molecule has 0 amide bonds. The third-order valence-electron chi connectivity index (χ3n) is 3.95. The van der Waals surface area contributed by atoms with Crippen molar-refractivity contribution >= 4 is 17.5 Å². The number of aromatic nitrogens is 2. The Morgan fingerprint density at radius 1 is 1.12 bits per heavy atom. The molecule has 0 bridgehead atoms. The van der Waals surface area contributed by atoms with E-state index >= 15 is 0 Å². The summed E-state index contributed by atoms with van der Waals surface area (Å²) < 4.78 is 5.50. The van der Waals surface area contributed by atoms with Crippen LogP contribution in [0.15, 0.2) is 24.3 Å². The molecule has 0 aliphatic heterocycles. The number of ether oxygens (including phenoxy) is 1. The monoisotopic (exact) mass is 343 g/mol. The van der Waals surface area contributed by atoms with E-state index in [-0.39, 0.29) is 0 Å². The summed E-state index contributed by atoms with van der Waals surface area (Å²) in [6, 6.07) is 8.03. The van der Waals surface area contributed by atoms with Crippen LogP contribution in [0.25, 0.3) is 0 Å². The topological polar surface area (TPSA) is 62.3 Å². The summed E-state index contributed by atoms with van der Waals surface area (Å²) in [4.78, 5) is 11.1. The van der Waals surface area contributed by atoms with Crippen LogP contribution in [0.3, 0.4) is 0 Å². The van der Waals surface area contributed by atoms with Crippen LogP contribution >= 0.6 is 0 Å². The number of hydrogen-bond donors (Lipinski definition) is 2. The van der Waals surface area contributed by atoms with E-state index in [2.05, 4.69) is 45.7 Å². The molecule has 0 atom stereocenters. The van der Waals surface area contributed by atoms with Crippen LogP contribution in [-0.2, 0) is 6.42 Å². The van der Waals surface area contributed by atoms with Gasteiger partial charge in [-0.15, -0.1) is 0 Å². The van der Waals surface area contributed by atoms with Gasteiger partial charge in [0.25, 0.3) is 0 Å². The molecule has 2 N–H and O–H groups in total. The summed E-state index contributed by atoms with van der Waals surface area (Å²) in [5.41, 5.74) is 3.09. The minimum atomic E-state index is 0.591. The predicted molar refractivity (Wildman–Crippen MR) is 104 cm³/mol. The molecule has 0 saturated carbocycles. The van der Waals surface area contributed by atoms with Gasteiger partial charge in [-0.05, 0) is 70.6 Å². The second kappa shape index (κ2) is 9.22. The first-order valence-corrected chi connectivity index (χ1v) is 8.64. The van der Waals surface area contributed by atoms with Gasteiger partial charge in [0.05, 0.1) is 7.11 Å². The zero-order valence-electron chi connectivity index (χ0n) is 15.9. The molecule has 1 aromatic carbocycles. The lowest BCUT2D eigenvalue weighted by Gasteiger charge is -2.13. The quantitative estimate of drug-likeness (QED) is 0.680. The maximum atomic E-state index is 5.50. The average molecular weight is 343 g/mol. The number of rotatable bonds is 9. The molecular weight excluding hydrogens is 314 g/mol. The number of benzene rings is 1. The van der Waals surface area contributed by atoms with Crippen molar-refractivity contribution in [3.63, 3.8) is 0 Å². The molecule has 136 valence electrons. The molecule has 0 aliphatic carbocycles. The number of nitrogens with one attached hydrogen (secondary N) is 2. The summed E-state index contributed by atoms with van der Waals surface area (Å²) in [7, 11) is 7.78. The normalized spacial score (nSPS) is 10.8. The van der Waals surface area contributed by atoms with Gasteiger partial charge in [0.15, 0.2) is 0 Å². The Hall–Kier alpha value is -2.34. The van der Waals surface area contributed by atoms with Crippen LogP contribution in [0.2, 0.25) is 0 Å². The Morgan fingerprint density at radius 3 is 2.60 bits per heavy atom. The molecule has 0 unspecified atom stereocenters. The zero-order valence-corrected chi connectivity index (χ0v) is 15.9. The molecule has 6 nitrogen and oxygen atoms in total. The van der Waals surface area contributed by atoms with Crippen LogP contribution in [0.5, 0.6) is 5.75 Å². The lowest BCUT2D eigenvalue weighted by Crippen LogP contribution is -2.13. The van der Waals surface area contributed by atoms with Crippen molar-refractivity contribution in [1.82, 2.24) is 14.9 Å². The minimum absolute atomic E-state index is 0.591. The molecule has 25 heavy (non-hydrogen) atoms. The van der Waals surface area contributed by atoms with E-state index in [1.54, 1.807) is 7.11 Å². The van der Waals surface area contributed by atoms with Crippen LogP contribution in [0, 0.1) is 6.92 Å². The van der Waals surface area contributed by atoms with Gasteiger partial charge < -0.3 is 20.3 Å². The Bertz CT molecular complexity index is 688. The van der Waals surface area contributed by atoms with Crippen molar-refractivity contribution in [2.45, 2.75) is 26.2 Å². The number of unbranched alkanes of at least 4 members (excludes halogenated alkanes) is 1. The maximum Gasteiger partial charge on any atom is 0.229 e. The van der Waals surface area contributed by atoms with Gasteiger partial charge in [0.2, 0.25) is 5.95 Å². The van der Waals surface area contributed by atoms with Gasteiger partial charge in [-0.2, -0.15) is 4.98 Å². The average Bonchev–Trinajstić information content (AvgIpc) is 2.58. The van der Waals surface area contributed by atoms with Gasteiger partial charge in [0.1, 0.15) is 11.6 Å². The molecule has 0 saturated heterocycles. The summed E-state index contributed by atoms with van der Waals surface area (Å²) >= 11 is 0. The van der Waals surface area contributed by atoms with E-state index in [0.29, 0.717) is 5.95 Å². The molecule has 2 aromatic rings. The third-order valence-corrected chi connectivity index (χ3v) is 3.95. The predicted octanol–water partition coefficient (Wildman–Crippen LogP) is 3.46. The van der Waals surface area contributed by atoms with Gasteiger partial charge in [-0.1, -0.05) is 0 Å². The van der Waals surface area contributed by atoms with Gasteiger partial charge in [-0.25, -0.2) is 4.98 Å². The van der Waals surface area contributed by atoms with Crippen LogP contribution in [0.1, 0.15) is 24.1 Å². The van der Waals surface area contributed by atoms with Gasteiger partial charge in [-0.3, -0.25) is 0 Å². The second-order valence-electron chi connectivity index (χ2n) is 6.38. The minimum Gasteiger partial charge on any atom is -0.496 e. The lowest BCUT2D eigenvalue weighted by molar-refractivity contribution is 0.390. The number of nitrogens with zero attached hydrogens (tertiary/aromatic N) is 3. The summed E-state index contributed by atoms with van der Waals surface area (Å²) in [5.74, 6) is 2.32. The molecule has 0 aliphatic rings. The Kier molecular flexibility index (Phi) is 7.01. The Balaban J connectivity index is 2.11. The summed E-state index contributed by atoms with van der Waals surface area (Å²) in [6.45, 7) is 3.06. The second-order valence-corrected chi connectivity index (χ2v) is 6.38. The first kappa shape index (κ1) is 19.0. The zero-order chi connectivity index (χ0) is 18.2. The number of anilines is 3. The molecule has 0 spiro atoms. The molecule has 0 radical (unpaired) electrons. The van der Waals surface area contributed by atoms with E-state index in [9.17, 15) is 0 Å². The van der Waals surface area contributed by atoms with E-state index < -0.39 is 0 Å². The molecule has 0 fully saturated rings. The fourth-order valence-electron chi connectivity index (χ4n) is 2.68. The molecule has 1 heterocycles. The fourth-order valence-corrected chi connectivity index (χ4v) is 2.68. The van der Waals surface area contributed by atoms with E-state index in [1.165, 1.54) is 12.0 Å². The van der Waals surface area contributed by atoms with Crippen LogP contribution in [-0.4, -0.2) is 49.7 Å². The smallest absolute Gasteiger partial charge is 0.229 e. The van der Waals surface area contributed by atoms with E-state index in [4.69, 9.17) is 4.74 Å². The van der Waals surface area contributed by atoms with E-state index in [1.807, 2.05) is 32.2 Å². The maximum absolute atomic E-state index is 5.50. The highest BCUT2D eigenvalue weighted by Gasteiger charge is 2.07. The lowest BCUT2D eigenvalue weighted by atomic mass is 10.1. The Labute approximate surface area is 150 Å².